The predicted molar refractivity (Wildman–Crippen MR) is 70.4 cm³/mol. The van der Waals surface area contributed by atoms with Gasteiger partial charge in [0.05, 0.1) is 0 Å². The van der Waals surface area contributed by atoms with E-state index in [1.807, 2.05) is 6.92 Å². The normalized spacial score (nSPS) is 16.6. The fourth-order valence-corrected chi connectivity index (χ4v) is 2.34. The van der Waals surface area contributed by atoms with Gasteiger partial charge < -0.3 is 14.8 Å². The second-order valence-electron chi connectivity index (χ2n) is 5.14. The molecule has 1 saturated carbocycles. The number of nitrogens with zero attached hydrogens (tertiary/aromatic N) is 1. The molecule has 0 atom stereocenters. The van der Waals surface area contributed by atoms with Crippen molar-refractivity contribution >= 4 is 23.0 Å². The van der Waals surface area contributed by atoms with Crippen molar-refractivity contribution in [3.63, 3.8) is 0 Å². The lowest BCUT2D eigenvalue weighted by Gasteiger charge is -2.37. The maximum atomic E-state index is 12.1. The van der Waals surface area contributed by atoms with Crippen LogP contribution in [0, 0.1) is 6.92 Å². The molecule has 1 fully saturated rings. The number of carboxylic acid groups (broad SMARTS) is 1. The van der Waals surface area contributed by atoms with Crippen LogP contribution in [0.4, 0.5) is 0 Å². The highest BCUT2D eigenvalue weighted by Crippen LogP contribution is 2.32. The van der Waals surface area contributed by atoms with Crippen LogP contribution in [0.2, 0.25) is 0 Å². The van der Waals surface area contributed by atoms with Crippen LogP contribution in [0.3, 0.4) is 0 Å². The van der Waals surface area contributed by atoms with Crippen LogP contribution < -0.4 is 5.32 Å². The van der Waals surface area contributed by atoms with Gasteiger partial charge in [-0.15, -0.1) is 0 Å². The van der Waals surface area contributed by atoms with E-state index in [-0.39, 0.29) is 5.76 Å². The second-order valence-corrected chi connectivity index (χ2v) is 5.14. The number of hydrogen-bond donors (Lipinski definition) is 2. The van der Waals surface area contributed by atoms with Gasteiger partial charge >= 0.3 is 5.97 Å². The Morgan fingerprint density at radius 2 is 2.15 bits per heavy atom. The van der Waals surface area contributed by atoms with E-state index in [0.29, 0.717) is 23.9 Å². The molecule has 104 valence electrons. The number of pyridine rings is 1. The summed E-state index contributed by atoms with van der Waals surface area (Å²) in [7, 11) is 0. The number of aliphatic carboxylic acids is 1. The molecule has 0 saturated heterocycles. The molecule has 6 nitrogen and oxygen atoms in total. The van der Waals surface area contributed by atoms with Crippen LogP contribution in [-0.2, 0) is 4.79 Å². The number of carbonyl (C=O) groups is 2. The van der Waals surface area contributed by atoms with E-state index in [9.17, 15) is 14.7 Å². The van der Waals surface area contributed by atoms with E-state index in [4.69, 9.17) is 4.42 Å². The Kier molecular flexibility index (Phi) is 2.74. The molecule has 2 heterocycles. The summed E-state index contributed by atoms with van der Waals surface area (Å²) < 4.78 is 5.41. The summed E-state index contributed by atoms with van der Waals surface area (Å²) >= 11 is 0. The third-order valence-corrected chi connectivity index (χ3v) is 3.71. The first kappa shape index (κ1) is 12.7. The smallest absolute Gasteiger partial charge is 0.329 e. The summed E-state index contributed by atoms with van der Waals surface area (Å²) in [5.74, 6) is -1.42. The Morgan fingerprint density at radius 1 is 1.40 bits per heavy atom. The molecule has 1 aliphatic carbocycles. The minimum atomic E-state index is -1.14. The number of amides is 1. The molecule has 0 radical (unpaired) electrons. The Morgan fingerprint density at radius 3 is 2.75 bits per heavy atom. The van der Waals surface area contributed by atoms with Gasteiger partial charge in [0.1, 0.15) is 11.1 Å². The largest absolute Gasteiger partial charge is 0.480 e. The number of fused-ring (bicyclic) bond motifs is 1. The molecule has 0 bridgehead atoms. The number of aromatic nitrogens is 1. The highest BCUT2D eigenvalue weighted by atomic mass is 16.4. The van der Waals surface area contributed by atoms with Crippen molar-refractivity contribution in [2.45, 2.75) is 31.7 Å². The quantitative estimate of drug-likeness (QED) is 0.891. The number of carboxylic acids is 1. The molecule has 6 heteroatoms. The minimum absolute atomic E-state index is 0.0885. The first-order valence-electron chi connectivity index (χ1n) is 6.43. The summed E-state index contributed by atoms with van der Waals surface area (Å²) in [4.78, 5) is 27.6. The van der Waals surface area contributed by atoms with Crippen molar-refractivity contribution in [2.75, 3.05) is 0 Å². The van der Waals surface area contributed by atoms with E-state index in [1.165, 1.54) is 6.07 Å². The second kappa shape index (κ2) is 4.33. The lowest BCUT2D eigenvalue weighted by atomic mass is 9.76. The Hall–Kier alpha value is -2.37. The summed E-state index contributed by atoms with van der Waals surface area (Å²) in [6, 6.07) is 5.06. The molecule has 0 unspecified atom stereocenters. The van der Waals surface area contributed by atoms with Crippen LogP contribution in [0.15, 0.2) is 22.6 Å². The maximum Gasteiger partial charge on any atom is 0.329 e. The Labute approximate surface area is 114 Å². The fraction of sp³-hybridized carbons (Fsp3) is 0.357. The van der Waals surface area contributed by atoms with Crippen molar-refractivity contribution in [3.05, 3.63) is 29.7 Å². The molecular weight excluding hydrogens is 260 g/mol. The number of hydrogen-bond acceptors (Lipinski definition) is 4. The highest BCUT2D eigenvalue weighted by molar-refractivity contribution is 5.98. The maximum absolute atomic E-state index is 12.1. The molecular formula is C14H14N2O4. The third-order valence-electron chi connectivity index (χ3n) is 3.71. The van der Waals surface area contributed by atoms with Gasteiger partial charge in [-0.2, -0.15) is 0 Å². The van der Waals surface area contributed by atoms with Crippen LogP contribution in [0.5, 0.6) is 0 Å². The number of furan rings is 1. The van der Waals surface area contributed by atoms with Gasteiger partial charge in [0, 0.05) is 11.8 Å². The number of carbonyl (C=O) groups excluding carboxylic acids is 1. The summed E-state index contributed by atoms with van der Waals surface area (Å²) in [5, 5.41) is 11.8. The van der Waals surface area contributed by atoms with Crippen LogP contribution in [-0.4, -0.2) is 27.5 Å². The average molecular weight is 274 g/mol. The third kappa shape index (κ3) is 1.93. The van der Waals surface area contributed by atoms with Gasteiger partial charge in [0.25, 0.3) is 5.91 Å². The molecule has 1 amide bonds. The molecule has 3 rings (SSSR count). The van der Waals surface area contributed by atoms with Gasteiger partial charge in [-0.25, -0.2) is 9.78 Å². The Bertz CT molecular complexity index is 700. The van der Waals surface area contributed by atoms with Crippen LogP contribution in [0.1, 0.15) is 35.5 Å². The van der Waals surface area contributed by atoms with E-state index >= 15 is 0 Å². The predicted octanol–water partition coefficient (Wildman–Crippen LogP) is 1.87. The molecule has 0 aromatic carbocycles. The summed E-state index contributed by atoms with van der Waals surface area (Å²) in [6.07, 6.45) is 1.70. The first-order chi connectivity index (χ1) is 9.50. The standard InChI is InChI=1S/C14H14N2O4/c1-8-3-4-10-9(15-8)7-11(20-10)12(17)16-14(13(18)19)5-2-6-14/h3-4,7H,2,5-6H2,1H3,(H,16,17)(H,18,19). The van der Waals surface area contributed by atoms with Gasteiger partial charge in [-0.3, -0.25) is 4.79 Å². The van der Waals surface area contributed by atoms with Gasteiger partial charge in [-0.1, -0.05) is 0 Å². The minimum Gasteiger partial charge on any atom is -0.480 e. The lowest BCUT2D eigenvalue weighted by molar-refractivity contribution is -0.148. The van der Waals surface area contributed by atoms with Crippen molar-refractivity contribution in [3.8, 4) is 0 Å². The molecule has 2 N–H and O–H groups in total. The molecule has 2 aromatic heterocycles. The average Bonchev–Trinajstić information content (AvgIpc) is 2.75. The van der Waals surface area contributed by atoms with E-state index in [2.05, 4.69) is 10.3 Å². The molecule has 0 spiro atoms. The van der Waals surface area contributed by atoms with E-state index in [1.54, 1.807) is 12.1 Å². The fourth-order valence-electron chi connectivity index (χ4n) is 2.34. The summed E-state index contributed by atoms with van der Waals surface area (Å²) in [5.41, 5.74) is 0.789. The van der Waals surface area contributed by atoms with Crippen LogP contribution in [0.25, 0.3) is 11.1 Å². The van der Waals surface area contributed by atoms with Crippen molar-refractivity contribution in [1.29, 1.82) is 0 Å². The van der Waals surface area contributed by atoms with Crippen molar-refractivity contribution in [2.24, 2.45) is 0 Å². The zero-order valence-electron chi connectivity index (χ0n) is 11.0. The van der Waals surface area contributed by atoms with Crippen LogP contribution >= 0.6 is 0 Å². The number of nitrogens with one attached hydrogen (secondary N) is 1. The highest BCUT2D eigenvalue weighted by Gasteiger charge is 2.46. The van der Waals surface area contributed by atoms with Gasteiger partial charge in [0.15, 0.2) is 11.3 Å². The van der Waals surface area contributed by atoms with Gasteiger partial charge in [0.2, 0.25) is 0 Å². The number of rotatable bonds is 3. The SMILES string of the molecule is Cc1ccc2oc(C(=O)NC3(C(=O)O)CCC3)cc2n1. The molecule has 2 aromatic rings. The van der Waals surface area contributed by atoms with E-state index in [0.717, 1.165) is 12.1 Å². The molecule has 1 aliphatic rings. The lowest BCUT2D eigenvalue weighted by Crippen LogP contribution is -2.59. The number of aryl methyl sites for hydroxylation is 1. The zero-order valence-corrected chi connectivity index (χ0v) is 11.0. The summed E-state index contributed by atoms with van der Waals surface area (Å²) in [6.45, 7) is 1.85. The first-order valence-corrected chi connectivity index (χ1v) is 6.43. The van der Waals surface area contributed by atoms with Crippen molar-refractivity contribution in [1.82, 2.24) is 10.3 Å². The Balaban J connectivity index is 1.87. The topological polar surface area (TPSA) is 92.4 Å². The molecule has 20 heavy (non-hydrogen) atoms. The van der Waals surface area contributed by atoms with Gasteiger partial charge in [-0.05, 0) is 38.3 Å². The van der Waals surface area contributed by atoms with E-state index < -0.39 is 17.4 Å². The monoisotopic (exact) mass is 274 g/mol. The zero-order chi connectivity index (χ0) is 14.3. The molecule has 0 aliphatic heterocycles. The van der Waals surface area contributed by atoms with Crippen molar-refractivity contribution < 1.29 is 19.1 Å².